The minimum Gasteiger partial charge on any atom is -0.481 e. The number of aliphatic carboxylic acids is 1. The van der Waals surface area contributed by atoms with E-state index in [9.17, 15) is 4.79 Å². The minimum atomic E-state index is -0.833. The molecule has 6 N–H and O–H groups in total. The second kappa shape index (κ2) is 21.2. The number of aryl methyl sites for hydroxylation is 1. The zero-order valence-corrected chi connectivity index (χ0v) is 22.4. The Labute approximate surface area is 218 Å². The van der Waals surface area contributed by atoms with Crippen LogP contribution in [0.5, 0.6) is 0 Å². The van der Waals surface area contributed by atoms with E-state index in [1.165, 1.54) is 57.8 Å². The van der Waals surface area contributed by atoms with Gasteiger partial charge in [0.2, 0.25) is 0 Å². The first-order valence-corrected chi connectivity index (χ1v) is 12.7. The summed E-state index contributed by atoms with van der Waals surface area (Å²) in [4.78, 5) is 24.1. The van der Waals surface area contributed by atoms with E-state index < -0.39 is 11.6 Å². The maximum absolute atomic E-state index is 11.2. The summed E-state index contributed by atoms with van der Waals surface area (Å²) >= 11 is 5.88. The van der Waals surface area contributed by atoms with E-state index in [-0.39, 0.29) is 11.6 Å². The number of hydrogen-bond acceptors (Lipinski definition) is 6. The standard InChI is InChI=1S/C13H29N3.C10H8ClN3O2.C2H4O2/c1-2-3-4-5-6-7-8-9-10-11-12-16-13(14)15;1-6-9(10(15)16-14-6)13-12-8-5-3-2-4-7(8)11;1-2(3)4/h2-12H2,1H3,(H4,14,15,16);2-5,14H,1H3;1H3,(H,3,4). The number of H-pyrrole nitrogens is 1. The van der Waals surface area contributed by atoms with Gasteiger partial charge in [-0.2, -0.15) is 0 Å². The molecule has 11 heteroatoms. The van der Waals surface area contributed by atoms with Gasteiger partial charge in [-0.05, 0) is 25.5 Å². The van der Waals surface area contributed by atoms with Crippen LogP contribution in [0.2, 0.25) is 5.02 Å². The van der Waals surface area contributed by atoms with Crippen molar-refractivity contribution in [3.63, 3.8) is 0 Å². The van der Waals surface area contributed by atoms with Crippen molar-refractivity contribution in [1.29, 1.82) is 0 Å². The highest BCUT2D eigenvalue weighted by Gasteiger charge is 2.07. The molecule has 0 amide bonds. The number of carbonyl (C=O) groups is 1. The predicted molar refractivity (Wildman–Crippen MR) is 146 cm³/mol. The van der Waals surface area contributed by atoms with Crippen molar-refractivity contribution in [2.45, 2.75) is 85.0 Å². The SMILES string of the molecule is CC(=O)O.CCCCCCCCCCCCN=C(N)N.Cc1[nH]oc(=O)c1N=Nc1ccccc1Cl. The van der Waals surface area contributed by atoms with Gasteiger partial charge in [-0.15, -0.1) is 10.2 Å². The number of unbranched alkanes of at least 4 members (excludes halogenated alkanes) is 9. The van der Waals surface area contributed by atoms with E-state index >= 15 is 0 Å². The lowest BCUT2D eigenvalue weighted by molar-refractivity contribution is -0.134. The number of aliphatic imine (C=N–C) groups is 1. The Hall–Kier alpha value is -3.14. The third-order valence-electron chi connectivity index (χ3n) is 4.76. The van der Waals surface area contributed by atoms with Crippen LogP contribution >= 0.6 is 11.6 Å². The van der Waals surface area contributed by atoms with Gasteiger partial charge in [0.1, 0.15) is 5.69 Å². The molecular formula is C25H41ClN6O4. The summed E-state index contributed by atoms with van der Waals surface area (Å²) in [7, 11) is 0. The van der Waals surface area contributed by atoms with Crippen molar-refractivity contribution in [3.05, 3.63) is 45.4 Å². The molecule has 36 heavy (non-hydrogen) atoms. The van der Waals surface area contributed by atoms with E-state index in [1.54, 1.807) is 31.2 Å². The fourth-order valence-corrected chi connectivity index (χ4v) is 3.11. The third-order valence-corrected chi connectivity index (χ3v) is 5.08. The lowest BCUT2D eigenvalue weighted by Gasteiger charge is -2.01. The zero-order chi connectivity index (χ0) is 27.2. The maximum atomic E-state index is 11.2. The predicted octanol–water partition coefficient (Wildman–Crippen LogP) is 6.62. The van der Waals surface area contributed by atoms with Crippen LogP contribution in [0, 0.1) is 6.92 Å². The lowest BCUT2D eigenvalue weighted by Crippen LogP contribution is -2.22. The summed E-state index contributed by atoms with van der Waals surface area (Å²) < 4.78 is 4.55. The lowest BCUT2D eigenvalue weighted by atomic mass is 10.1. The summed E-state index contributed by atoms with van der Waals surface area (Å²) in [6, 6.07) is 6.97. The molecule has 0 saturated carbocycles. The Morgan fingerprint density at radius 3 is 2.00 bits per heavy atom. The average molecular weight is 525 g/mol. The molecule has 1 aromatic heterocycles. The first kappa shape index (κ1) is 32.9. The third kappa shape index (κ3) is 18.2. The first-order chi connectivity index (χ1) is 17.2. The van der Waals surface area contributed by atoms with Crippen LogP contribution in [0.25, 0.3) is 0 Å². The van der Waals surface area contributed by atoms with Crippen LogP contribution in [0.4, 0.5) is 11.4 Å². The number of nitrogens with one attached hydrogen (secondary N) is 1. The number of halogens is 1. The molecule has 0 atom stereocenters. The summed E-state index contributed by atoms with van der Waals surface area (Å²) in [6.45, 7) is 5.81. The van der Waals surface area contributed by atoms with Crippen molar-refractivity contribution in [2.24, 2.45) is 26.7 Å². The van der Waals surface area contributed by atoms with Crippen LogP contribution in [0.3, 0.4) is 0 Å². The highest BCUT2D eigenvalue weighted by Crippen LogP contribution is 2.25. The molecule has 0 bridgehead atoms. The number of benzene rings is 1. The minimum absolute atomic E-state index is 0.153. The number of guanidine groups is 1. The van der Waals surface area contributed by atoms with Crippen LogP contribution in [0.1, 0.15) is 83.7 Å². The van der Waals surface area contributed by atoms with Gasteiger partial charge in [0.15, 0.2) is 11.6 Å². The number of aromatic nitrogens is 1. The molecule has 0 radical (unpaired) electrons. The van der Waals surface area contributed by atoms with E-state index in [2.05, 4.69) is 31.8 Å². The van der Waals surface area contributed by atoms with E-state index in [0.29, 0.717) is 16.4 Å². The number of carboxylic acids is 1. The van der Waals surface area contributed by atoms with Crippen molar-refractivity contribution >= 4 is 34.9 Å². The Morgan fingerprint density at radius 2 is 1.53 bits per heavy atom. The summed E-state index contributed by atoms with van der Waals surface area (Å²) in [6.07, 6.45) is 13.5. The molecule has 0 spiro atoms. The van der Waals surface area contributed by atoms with Crippen molar-refractivity contribution in [2.75, 3.05) is 6.54 Å². The van der Waals surface area contributed by atoms with Crippen molar-refractivity contribution < 1.29 is 14.4 Å². The molecule has 1 aromatic carbocycles. The van der Waals surface area contributed by atoms with E-state index in [1.807, 2.05) is 0 Å². The number of hydrogen-bond donors (Lipinski definition) is 4. The first-order valence-electron chi connectivity index (χ1n) is 12.3. The van der Waals surface area contributed by atoms with Crippen LogP contribution in [-0.2, 0) is 4.79 Å². The molecule has 0 aliphatic rings. The molecule has 1 heterocycles. The number of aromatic amines is 1. The molecule has 2 rings (SSSR count). The van der Waals surface area contributed by atoms with Gasteiger partial charge >= 0.3 is 5.63 Å². The van der Waals surface area contributed by atoms with Gasteiger partial charge < -0.3 is 21.1 Å². The van der Waals surface area contributed by atoms with Gasteiger partial charge in [-0.1, -0.05) is 88.4 Å². The molecule has 0 aliphatic heterocycles. The molecule has 0 fully saturated rings. The number of rotatable bonds is 13. The Morgan fingerprint density at radius 1 is 1.00 bits per heavy atom. The summed E-state index contributed by atoms with van der Waals surface area (Å²) in [5.41, 5.74) is 11.1. The largest absolute Gasteiger partial charge is 0.481 e. The highest BCUT2D eigenvalue weighted by atomic mass is 35.5. The van der Waals surface area contributed by atoms with E-state index in [4.69, 9.17) is 33.0 Å². The molecule has 0 unspecified atom stereocenters. The monoisotopic (exact) mass is 524 g/mol. The van der Waals surface area contributed by atoms with Crippen LogP contribution < -0.4 is 17.1 Å². The smallest absolute Gasteiger partial charge is 0.384 e. The number of nitrogens with zero attached hydrogens (tertiary/aromatic N) is 3. The number of nitrogens with two attached hydrogens (primary N) is 2. The number of azo groups is 1. The van der Waals surface area contributed by atoms with Gasteiger partial charge in [0.05, 0.1) is 10.7 Å². The summed E-state index contributed by atoms with van der Waals surface area (Å²) in [5, 5.41) is 18.0. The van der Waals surface area contributed by atoms with E-state index in [0.717, 1.165) is 19.9 Å². The Balaban J connectivity index is 0.000000593. The average Bonchev–Trinajstić information content (AvgIpc) is 3.14. The maximum Gasteiger partial charge on any atom is 0.384 e. The second-order valence-corrected chi connectivity index (χ2v) is 8.53. The summed E-state index contributed by atoms with van der Waals surface area (Å²) in [5.74, 6) is -0.615. The van der Waals surface area contributed by atoms with Crippen LogP contribution in [0.15, 0.2) is 48.8 Å². The second-order valence-electron chi connectivity index (χ2n) is 8.12. The molecular weight excluding hydrogens is 484 g/mol. The molecule has 0 saturated heterocycles. The van der Waals surface area contributed by atoms with Crippen LogP contribution in [-0.4, -0.2) is 28.7 Å². The van der Waals surface area contributed by atoms with Gasteiger partial charge in [0, 0.05) is 13.5 Å². The fourth-order valence-electron chi connectivity index (χ4n) is 2.93. The van der Waals surface area contributed by atoms with Gasteiger partial charge in [0.25, 0.3) is 5.97 Å². The molecule has 2 aromatic rings. The van der Waals surface area contributed by atoms with Gasteiger partial charge in [-0.25, -0.2) is 9.95 Å². The highest BCUT2D eigenvalue weighted by molar-refractivity contribution is 6.32. The Bertz CT molecular complexity index is 963. The quantitative estimate of drug-likeness (QED) is 0.0991. The van der Waals surface area contributed by atoms with Gasteiger partial charge in [-0.3, -0.25) is 9.79 Å². The molecule has 202 valence electrons. The van der Waals surface area contributed by atoms with Crippen molar-refractivity contribution in [1.82, 2.24) is 5.16 Å². The molecule has 0 aliphatic carbocycles. The van der Waals surface area contributed by atoms with Crippen molar-refractivity contribution in [3.8, 4) is 0 Å². The molecule has 10 nitrogen and oxygen atoms in total. The topological polar surface area (TPSA) is 172 Å². The Kier molecular flexibility index (Phi) is 19.3. The zero-order valence-electron chi connectivity index (χ0n) is 21.6. The fraction of sp³-hybridized carbons (Fsp3) is 0.560. The normalized spacial score (nSPS) is 10.2. The number of carboxylic acid groups (broad SMARTS) is 1.